The average molecular weight is 238 g/mol. The number of methoxy groups -OCH3 is 1. The van der Waals surface area contributed by atoms with Gasteiger partial charge in [-0.1, -0.05) is 6.07 Å². The highest BCUT2D eigenvalue weighted by Gasteiger charge is 2.22. The predicted molar refractivity (Wildman–Crippen MR) is 60.8 cm³/mol. The summed E-state index contributed by atoms with van der Waals surface area (Å²) in [5.74, 6) is -0.428. The molecule has 1 aromatic carbocycles. The molecule has 0 amide bonds. The van der Waals surface area contributed by atoms with Gasteiger partial charge in [0.15, 0.2) is 17.3 Å². The molecule has 3 nitrogen and oxygen atoms in total. The third-order valence-electron chi connectivity index (χ3n) is 2.98. The molecule has 1 aromatic rings. The number of ether oxygens (including phenoxy) is 2. The van der Waals surface area contributed by atoms with Crippen molar-refractivity contribution in [2.75, 3.05) is 20.3 Å². The molecule has 1 aliphatic rings. The van der Waals surface area contributed by atoms with Gasteiger partial charge in [-0.15, -0.1) is 0 Å². The molecule has 1 saturated heterocycles. The van der Waals surface area contributed by atoms with Crippen LogP contribution in [0.4, 0.5) is 4.39 Å². The van der Waals surface area contributed by atoms with Crippen molar-refractivity contribution in [3.8, 4) is 5.75 Å². The van der Waals surface area contributed by atoms with Gasteiger partial charge >= 0.3 is 0 Å². The lowest BCUT2D eigenvalue weighted by molar-refractivity contribution is 0.0948. The van der Waals surface area contributed by atoms with Crippen LogP contribution in [0.1, 0.15) is 23.2 Å². The minimum absolute atomic E-state index is 0.108. The Morgan fingerprint density at radius 2 is 2.41 bits per heavy atom. The van der Waals surface area contributed by atoms with Gasteiger partial charge in [-0.2, -0.15) is 0 Å². The van der Waals surface area contributed by atoms with Gasteiger partial charge in [-0.25, -0.2) is 4.39 Å². The Morgan fingerprint density at radius 3 is 3.06 bits per heavy atom. The standard InChI is InChI=1S/C13H15FO3/c1-16-12-4-2-3-10(13(12)14)11(15)7-9-5-6-17-8-9/h2-4,9H,5-8H2,1H3. The molecule has 1 atom stereocenters. The van der Waals surface area contributed by atoms with E-state index in [0.717, 1.165) is 6.42 Å². The Morgan fingerprint density at radius 1 is 1.59 bits per heavy atom. The molecule has 4 heteroatoms. The lowest BCUT2D eigenvalue weighted by atomic mass is 9.97. The van der Waals surface area contributed by atoms with Crippen LogP contribution in [0.5, 0.6) is 5.75 Å². The average Bonchev–Trinajstić information content (AvgIpc) is 2.82. The van der Waals surface area contributed by atoms with Gasteiger partial charge in [0, 0.05) is 19.6 Å². The van der Waals surface area contributed by atoms with E-state index in [1.165, 1.54) is 19.2 Å². The number of carbonyl (C=O) groups is 1. The van der Waals surface area contributed by atoms with Gasteiger partial charge in [0.1, 0.15) is 0 Å². The van der Waals surface area contributed by atoms with E-state index >= 15 is 0 Å². The summed E-state index contributed by atoms with van der Waals surface area (Å²) >= 11 is 0. The highest BCUT2D eigenvalue weighted by molar-refractivity contribution is 5.96. The van der Waals surface area contributed by atoms with Crippen LogP contribution >= 0.6 is 0 Å². The van der Waals surface area contributed by atoms with Crippen LogP contribution in [0.25, 0.3) is 0 Å². The van der Waals surface area contributed by atoms with E-state index in [2.05, 4.69) is 0 Å². The van der Waals surface area contributed by atoms with E-state index in [9.17, 15) is 9.18 Å². The monoisotopic (exact) mass is 238 g/mol. The molecule has 0 N–H and O–H groups in total. The van der Waals surface area contributed by atoms with E-state index in [4.69, 9.17) is 9.47 Å². The van der Waals surface area contributed by atoms with Crippen molar-refractivity contribution >= 4 is 5.78 Å². The van der Waals surface area contributed by atoms with Gasteiger partial charge in [0.2, 0.25) is 0 Å². The van der Waals surface area contributed by atoms with Crippen molar-refractivity contribution in [2.45, 2.75) is 12.8 Å². The number of benzene rings is 1. The second-order valence-electron chi connectivity index (χ2n) is 4.18. The smallest absolute Gasteiger partial charge is 0.175 e. The quantitative estimate of drug-likeness (QED) is 0.756. The SMILES string of the molecule is COc1cccc(C(=O)CC2CCOC2)c1F. The molecule has 1 aliphatic heterocycles. The maximum Gasteiger partial charge on any atom is 0.175 e. The molecule has 2 rings (SSSR count). The number of carbonyl (C=O) groups excluding carboxylic acids is 1. The van der Waals surface area contributed by atoms with E-state index in [-0.39, 0.29) is 23.0 Å². The summed E-state index contributed by atoms with van der Waals surface area (Å²) in [5, 5.41) is 0. The highest BCUT2D eigenvalue weighted by Crippen LogP contribution is 2.24. The van der Waals surface area contributed by atoms with Gasteiger partial charge in [-0.3, -0.25) is 4.79 Å². The molecule has 0 saturated carbocycles. The van der Waals surface area contributed by atoms with Crippen LogP contribution in [-0.4, -0.2) is 26.1 Å². The highest BCUT2D eigenvalue weighted by atomic mass is 19.1. The van der Waals surface area contributed by atoms with Crippen molar-refractivity contribution in [3.63, 3.8) is 0 Å². The summed E-state index contributed by atoms with van der Waals surface area (Å²) < 4.78 is 23.9. The molecule has 1 unspecified atom stereocenters. The van der Waals surface area contributed by atoms with E-state index in [1.54, 1.807) is 6.07 Å². The number of ketones is 1. The molecule has 0 spiro atoms. The summed E-state index contributed by atoms with van der Waals surface area (Å²) in [6, 6.07) is 4.63. The fourth-order valence-electron chi connectivity index (χ4n) is 2.00. The molecule has 0 aromatic heterocycles. The maximum atomic E-state index is 13.8. The first-order valence-electron chi connectivity index (χ1n) is 5.66. The molecule has 0 aliphatic carbocycles. The maximum absolute atomic E-state index is 13.8. The molecular weight excluding hydrogens is 223 g/mol. The Bertz CT molecular complexity index is 411. The van der Waals surface area contributed by atoms with Gasteiger partial charge in [-0.05, 0) is 24.5 Å². The molecule has 17 heavy (non-hydrogen) atoms. The largest absolute Gasteiger partial charge is 0.494 e. The molecule has 1 fully saturated rings. The van der Waals surface area contributed by atoms with Crippen molar-refractivity contribution in [3.05, 3.63) is 29.6 Å². The topological polar surface area (TPSA) is 35.5 Å². The summed E-state index contributed by atoms with van der Waals surface area (Å²) in [6.45, 7) is 1.29. The molecule has 0 bridgehead atoms. The second kappa shape index (κ2) is 5.27. The fraction of sp³-hybridized carbons (Fsp3) is 0.462. The molecule has 1 heterocycles. The fourth-order valence-corrected chi connectivity index (χ4v) is 2.00. The first kappa shape index (κ1) is 12.0. The number of halogens is 1. The first-order valence-corrected chi connectivity index (χ1v) is 5.66. The van der Waals surface area contributed by atoms with Crippen molar-refractivity contribution in [1.82, 2.24) is 0 Å². The van der Waals surface area contributed by atoms with Crippen LogP contribution in [0, 0.1) is 11.7 Å². The normalized spacial score (nSPS) is 19.3. The Kier molecular flexibility index (Phi) is 3.74. The second-order valence-corrected chi connectivity index (χ2v) is 4.18. The number of hydrogen-bond donors (Lipinski definition) is 0. The van der Waals surface area contributed by atoms with Crippen LogP contribution in [-0.2, 0) is 4.74 Å². The van der Waals surface area contributed by atoms with Crippen molar-refractivity contribution < 1.29 is 18.7 Å². The summed E-state index contributed by atoms with van der Waals surface area (Å²) in [7, 11) is 1.39. The Hall–Kier alpha value is -1.42. The molecule has 0 radical (unpaired) electrons. The van der Waals surface area contributed by atoms with Crippen molar-refractivity contribution in [2.24, 2.45) is 5.92 Å². The van der Waals surface area contributed by atoms with E-state index in [1.807, 2.05) is 0 Å². The van der Waals surface area contributed by atoms with Crippen LogP contribution in [0.15, 0.2) is 18.2 Å². The van der Waals surface area contributed by atoms with Crippen LogP contribution in [0.3, 0.4) is 0 Å². The van der Waals surface area contributed by atoms with Crippen LogP contribution < -0.4 is 4.74 Å². The lowest BCUT2D eigenvalue weighted by Gasteiger charge is -2.09. The molecule has 92 valence electrons. The van der Waals surface area contributed by atoms with Gasteiger partial charge in [0.05, 0.1) is 12.7 Å². The Balaban J connectivity index is 2.12. The summed E-state index contributed by atoms with van der Waals surface area (Å²) in [4.78, 5) is 11.9. The van der Waals surface area contributed by atoms with E-state index < -0.39 is 5.82 Å². The first-order chi connectivity index (χ1) is 8.22. The number of hydrogen-bond acceptors (Lipinski definition) is 3. The zero-order valence-electron chi connectivity index (χ0n) is 9.74. The van der Waals surface area contributed by atoms with E-state index in [0.29, 0.717) is 19.6 Å². The van der Waals surface area contributed by atoms with Crippen LogP contribution in [0.2, 0.25) is 0 Å². The Labute approximate surface area is 99.5 Å². The number of Topliss-reactive ketones (excluding diaryl/α,β-unsaturated/α-hetero) is 1. The lowest BCUT2D eigenvalue weighted by Crippen LogP contribution is -2.10. The minimum Gasteiger partial charge on any atom is -0.494 e. The predicted octanol–water partition coefficient (Wildman–Crippen LogP) is 2.44. The number of rotatable bonds is 4. The molecular formula is C13H15FO3. The zero-order chi connectivity index (χ0) is 12.3. The summed E-state index contributed by atoms with van der Waals surface area (Å²) in [5.41, 5.74) is 0.108. The zero-order valence-corrected chi connectivity index (χ0v) is 9.74. The third-order valence-corrected chi connectivity index (χ3v) is 2.98. The third kappa shape index (κ3) is 2.64. The van der Waals surface area contributed by atoms with Gasteiger partial charge in [0.25, 0.3) is 0 Å². The van der Waals surface area contributed by atoms with Gasteiger partial charge < -0.3 is 9.47 Å². The summed E-state index contributed by atoms with van der Waals surface area (Å²) in [6.07, 6.45) is 1.21. The van der Waals surface area contributed by atoms with Crippen molar-refractivity contribution in [1.29, 1.82) is 0 Å². The minimum atomic E-state index is -0.570.